The molecule has 4 aromatic carbocycles. The molecule has 10 N–H and O–H groups in total. The smallest absolute Gasteiger partial charge is 0.244 e. The Bertz CT molecular complexity index is 2050. The van der Waals surface area contributed by atoms with Crippen molar-refractivity contribution in [3.05, 3.63) is 94.0 Å². The predicted molar refractivity (Wildman–Crippen MR) is 170 cm³/mol. The van der Waals surface area contributed by atoms with E-state index in [-0.39, 0.29) is 52.0 Å². The highest BCUT2D eigenvalue weighted by Crippen LogP contribution is 2.64. The van der Waals surface area contributed by atoms with Crippen LogP contribution in [0, 0.1) is 0 Å². The monoisotopic (exact) mass is 704 g/mol. The van der Waals surface area contributed by atoms with Crippen LogP contribution in [0.4, 0.5) is 0 Å². The summed E-state index contributed by atoms with van der Waals surface area (Å²) in [7, 11) is 0. The van der Waals surface area contributed by atoms with Crippen LogP contribution in [-0.2, 0) is 16.8 Å². The Kier molecular flexibility index (Phi) is 7.50. The molecule has 15 nitrogen and oxygen atoms in total. The number of aliphatic hydroxyl groups excluding tert-OH is 5. The Morgan fingerprint density at radius 2 is 1.35 bits per heavy atom. The van der Waals surface area contributed by atoms with Crippen LogP contribution in [0.15, 0.2) is 60.7 Å². The highest BCUT2D eigenvalue weighted by molar-refractivity contribution is 6.12. The molecule has 266 valence electrons. The van der Waals surface area contributed by atoms with Gasteiger partial charge in [-0.05, 0) is 35.4 Å². The van der Waals surface area contributed by atoms with Gasteiger partial charge < -0.3 is 70.0 Å². The first-order valence-corrected chi connectivity index (χ1v) is 16.0. The van der Waals surface area contributed by atoms with Gasteiger partial charge in [-0.2, -0.15) is 0 Å². The number of phenols is 5. The Hall–Kier alpha value is -5.29. The molecule has 0 aliphatic carbocycles. The van der Waals surface area contributed by atoms with Crippen molar-refractivity contribution in [1.82, 2.24) is 0 Å². The minimum Gasteiger partial charge on any atom is -0.508 e. The zero-order valence-corrected chi connectivity index (χ0v) is 26.3. The first-order chi connectivity index (χ1) is 24.3. The van der Waals surface area contributed by atoms with E-state index in [1.165, 1.54) is 54.6 Å². The largest absolute Gasteiger partial charge is 0.508 e. The van der Waals surface area contributed by atoms with Crippen LogP contribution >= 0.6 is 0 Å². The first kappa shape index (κ1) is 32.9. The van der Waals surface area contributed by atoms with E-state index in [4.69, 9.17) is 18.9 Å². The van der Waals surface area contributed by atoms with E-state index < -0.39 is 89.4 Å². The van der Waals surface area contributed by atoms with Crippen LogP contribution in [-0.4, -0.2) is 94.0 Å². The second-order valence-electron chi connectivity index (χ2n) is 13.0. The Balaban J connectivity index is 1.31. The number of aromatic hydroxyl groups is 5. The van der Waals surface area contributed by atoms with Gasteiger partial charge in [0.25, 0.3) is 0 Å². The summed E-state index contributed by atoms with van der Waals surface area (Å²) in [6, 6.07) is 13.8. The van der Waals surface area contributed by atoms with E-state index >= 15 is 4.79 Å². The lowest BCUT2D eigenvalue weighted by Gasteiger charge is -2.40. The van der Waals surface area contributed by atoms with Gasteiger partial charge in [0.15, 0.2) is 6.10 Å². The highest BCUT2D eigenvalue weighted by Gasteiger charge is 2.65. The highest BCUT2D eigenvalue weighted by atomic mass is 16.6. The number of hydrogen-bond acceptors (Lipinski definition) is 15. The normalized spacial score (nSPS) is 30.6. The third kappa shape index (κ3) is 4.70. The van der Waals surface area contributed by atoms with Crippen molar-refractivity contribution in [2.75, 3.05) is 6.61 Å². The van der Waals surface area contributed by atoms with Crippen LogP contribution < -0.4 is 14.2 Å². The molecule has 1 saturated heterocycles. The fourth-order valence-electron chi connectivity index (χ4n) is 7.51. The fourth-order valence-corrected chi connectivity index (χ4v) is 7.51. The van der Waals surface area contributed by atoms with Gasteiger partial charge in [0.2, 0.25) is 11.4 Å². The lowest BCUT2D eigenvalue weighted by molar-refractivity contribution is -0.232. The maximum Gasteiger partial charge on any atom is 0.244 e. The van der Waals surface area contributed by atoms with Crippen LogP contribution in [0.25, 0.3) is 0 Å². The standard InChI is InChI=1S/C36H32O15/c37-12-23-27(43)29(45)30(46)33(48-23)24-19(41)11-21-25(28(24)44)34(47)36(51-21)26-22(49-35(36)14-3-7-16(39)8-4-14)10-18(40)17-9-20(42)31(50-32(17)26)13-1-5-15(38)6-2-13/h1-8,10-11,20,23,27,29-31,33,35,37-46H,9,12H2/t20-,23+,27-,29-,30-,31+,33+,35+,36+/m1/s1. The van der Waals surface area contributed by atoms with Crippen molar-refractivity contribution < 1.29 is 74.8 Å². The number of ketones is 1. The quantitative estimate of drug-likeness (QED) is 0.144. The van der Waals surface area contributed by atoms with Crippen molar-refractivity contribution >= 4 is 5.78 Å². The Labute approximate surface area is 288 Å². The molecule has 1 spiro atoms. The molecule has 0 saturated carbocycles. The molecule has 4 aromatic rings. The van der Waals surface area contributed by atoms with E-state index in [1.807, 2.05) is 0 Å². The Morgan fingerprint density at radius 3 is 2.00 bits per heavy atom. The number of Topliss-reactive ketones (excluding diaryl/α,β-unsaturated/α-hetero) is 1. The number of phenolic OH excluding ortho intramolecular Hbond substituents is 5. The molecule has 9 atom stereocenters. The van der Waals surface area contributed by atoms with E-state index in [9.17, 15) is 51.1 Å². The van der Waals surface area contributed by atoms with E-state index in [1.54, 1.807) is 0 Å². The summed E-state index contributed by atoms with van der Waals surface area (Å²) >= 11 is 0. The molecule has 0 bridgehead atoms. The van der Waals surface area contributed by atoms with Crippen molar-refractivity contribution in [3.8, 4) is 46.0 Å². The van der Waals surface area contributed by atoms with E-state index in [0.717, 1.165) is 6.07 Å². The molecule has 0 amide bonds. The van der Waals surface area contributed by atoms with Crippen LogP contribution in [0.3, 0.4) is 0 Å². The Morgan fingerprint density at radius 1 is 0.725 bits per heavy atom. The molecule has 0 radical (unpaired) electrons. The maximum atomic E-state index is 15.0. The molecule has 0 aromatic heterocycles. The number of carbonyl (C=O) groups excluding carboxylic acids is 1. The molecular weight excluding hydrogens is 672 g/mol. The van der Waals surface area contributed by atoms with Crippen LogP contribution in [0.2, 0.25) is 0 Å². The van der Waals surface area contributed by atoms with Gasteiger partial charge in [-0.1, -0.05) is 24.3 Å². The van der Waals surface area contributed by atoms with Crippen molar-refractivity contribution in [3.63, 3.8) is 0 Å². The molecular formula is C36H32O15. The SMILES string of the molecule is O=C1c2c(cc(O)c([C@@H]3O[C@@H](CO)[C@@H](O)[C@@H](O)[C@H]3O)c2O)O[C@@]12c1c(cc(O)c3c1O[C@@H](c1ccc(O)cc1)[C@H](O)C3)O[C@H]2c1ccc(O)cc1. The van der Waals surface area contributed by atoms with E-state index in [2.05, 4.69) is 0 Å². The summed E-state index contributed by atoms with van der Waals surface area (Å²) in [5, 5.41) is 106. The summed E-state index contributed by atoms with van der Waals surface area (Å²) in [6.07, 6.45) is -12.4. The average molecular weight is 705 g/mol. The van der Waals surface area contributed by atoms with Gasteiger partial charge in [-0.3, -0.25) is 4.79 Å². The summed E-state index contributed by atoms with van der Waals surface area (Å²) < 4.78 is 24.7. The molecule has 51 heavy (non-hydrogen) atoms. The first-order valence-electron chi connectivity index (χ1n) is 16.0. The van der Waals surface area contributed by atoms with Crippen LogP contribution in [0.1, 0.15) is 56.5 Å². The second kappa shape index (κ2) is 11.6. The van der Waals surface area contributed by atoms with Crippen LogP contribution in [0.5, 0.6) is 46.0 Å². The number of hydrogen-bond donors (Lipinski definition) is 10. The molecule has 4 heterocycles. The molecule has 4 aliphatic rings. The molecule has 8 rings (SSSR count). The number of benzene rings is 4. The molecule has 15 heteroatoms. The summed E-state index contributed by atoms with van der Waals surface area (Å²) in [5.74, 6) is -3.40. The van der Waals surface area contributed by atoms with Crippen molar-refractivity contribution in [2.24, 2.45) is 0 Å². The van der Waals surface area contributed by atoms with Gasteiger partial charge in [-0.15, -0.1) is 0 Å². The molecule has 4 aliphatic heterocycles. The number of aliphatic hydroxyl groups is 5. The van der Waals surface area contributed by atoms with Crippen molar-refractivity contribution in [1.29, 1.82) is 0 Å². The number of carbonyl (C=O) groups is 1. The second-order valence-corrected chi connectivity index (χ2v) is 13.0. The van der Waals surface area contributed by atoms with E-state index in [0.29, 0.717) is 11.1 Å². The van der Waals surface area contributed by atoms with Gasteiger partial charge in [0.1, 0.15) is 88.2 Å². The predicted octanol–water partition coefficient (Wildman–Crippen LogP) is 1.37. The molecule has 0 unspecified atom stereocenters. The summed E-state index contributed by atoms with van der Waals surface area (Å²) in [6.45, 7) is -0.792. The zero-order chi connectivity index (χ0) is 36.1. The zero-order valence-electron chi connectivity index (χ0n) is 26.3. The third-order valence-electron chi connectivity index (χ3n) is 10.0. The van der Waals surface area contributed by atoms with Gasteiger partial charge in [0.05, 0.1) is 23.8 Å². The minimum atomic E-state index is -2.23. The maximum absolute atomic E-state index is 15.0. The minimum absolute atomic E-state index is 0.0152. The lowest BCUT2D eigenvalue weighted by Crippen LogP contribution is -2.55. The van der Waals surface area contributed by atoms with Gasteiger partial charge in [-0.25, -0.2) is 0 Å². The summed E-state index contributed by atoms with van der Waals surface area (Å²) in [4.78, 5) is 15.0. The molecule has 1 fully saturated rings. The van der Waals surface area contributed by atoms with Crippen molar-refractivity contribution in [2.45, 2.75) is 60.9 Å². The summed E-state index contributed by atoms with van der Waals surface area (Å²) in [5.41, 5.74) is -2.37. The fraction of sp³-hybridized carbons (Fsp3) is 0.306. The third-order valence-corrected chi connectivity index (χ3v) is 10.0. The topological polar surface area (TPSA) is 256 Å². The lowest BCUT2D eigenvalue weighted by atomic mass is 9.78. The van der Waals surface area contributed by atoms with Gasteiger partial charge >= 0.3 is 0 Å². The van der Waals surface area contributed by atoms with Gasteiger partial charge in [0, 0.05) is 24.1 Å². The number of rotatable bonds is 4. The number of fused-ring (bicyclic) bond motifs is 5. The average Bonchev–Trinajstić information content (AvgIpc) is 3.58. The number of ether oxygens (including phenoxy) is 4.